The Bertz CT molecular complexity index is 211. The molecule has 0 saturated carbocycles. The van der Waals surface area contributed by atoms with Gasteiger partial charge in [0.15, 0.2) is 0 Å². The average Bonchev–Trinajstić information content (AvgIpc) is 2.05. The summed E-state index contributed by atoms with van der Waals surface area (Å²) in [6, 6.07) is 9.43. The minimum Gasteiger partial charge on any atom is -0.427 e. The van der Waals surface area contributed by atoms with Crippen LogP contribution in [0.1, 0.15) is 18.3 Å². The highest BCUT2D eigenvalue weighted by Crippen LogP contribution is 2.14. The normalized spacial score (nSPS) is 12.6. The van der Waals surface area contributed by atoms with Gasteiger partial charge >= 0.3 is 7.12 Å². The van der Waals surface area contributed by atoms with E-state index in [0.29, 0.717) is 0 Å². The summed E-state index contributed by atoms with van der Waals surface area (Å²) >= 11 is 0. The highest BCUT2D eigenvalue weighted by atomic mass is 16.4. The lowest BCUT2D eigenvalue weighted by atomic mass is 9.70. The summed E-state index contributed by atoms with van der Waals surface area (Å²) in [5.74, 6) is -0.212. The largest absolute Gasteiger partial charge is 0.459 e. The van der Waals surface area contributed by atoms with Crippen LogP contribution in [0, 0.1) is 0 Å². The SMILES string of the molecule is CC(B(O)O)c1ccccc1. The lowest BCUT2D eigenvalue weighted by Crippen LogP contribution is -2.20. The van der Waals surface area contributed by atoms with Gasteiger partial charge in [0.05, 0.1) is 0 Å². The van der Waals surface area contributed by atoms with Crippen LogP contribution in [0.3, 0.4) is 0 Å². The van der Waals surface area contributed by atoms with E-state index in [2.05, 4.69) is 0 Å². The Hall–Kier alpha value is -0.795. The molecule has 0 saturated heterocycles. The first-order valence-electron chi connectivity index (χ1n) is 3.63. The first-order valence-corrected chi connectivity index (χ1v) is 3.63. The van der Waals surface area contributed by atoms with Gasteiger partial charge in [-0.25, -0.2) is 0 Å². The maximum atomic E-state index is 8.83. The molecule has 3 heteroatoms. The third-order valence-corrected chi connectivity index (χ3v) is 1.77. The summed E-state index contributed by atoms with van der Waals surface area (Å²) in [5, 5.41) is 17.7. The second-order valence-electron chi connectivity index (χ2n) is 2.61. The number of benzene rings is 1. The van der Waals surface area contributed by atoms with Crippen LogP contribution in [-0.2, 0) is 0 Å². The van der Waals surface area contributed by atoms with Crippen molar-refractivity contribution in [1.29, 1.82) is 0 Å². The molecule has 0 aliphatic heterocycles. The third-order valence-electron chi connectivity index (χ3n) is 1.77. The van der Waals surface area contributed by atoms with Crippen LogP contribution < -0.4 is 0 Å². The van der Waals surface area contributed by atoms with Crippen LogP contribution in [0.2, 0.25) is 0 Å². The molecule has 1 rings (SSSR count). The maximum absolute atomic E-state index is 8.83. The number of rotatable bonds is 2. The maximum Gasteiger partial charge on any atom is 0.459 e. The summed E-state index contributed by atoms with van der Waals surface area (Å²) in [6.45, 7) is 1.78. The van der Waals surface area contributed by atoms with E-state index in [-0.39, 0.29) is 5.82 Å². The Morgan fingerprint density at radius 2 is 1.73 bits per heavy atom. The Morgan fingerprint density at radius 1 is 1.18 bits per heavy atom. The smallest absolute Gasteiger partial charge is 0.427 e. The predicted octanol–water partition coefficient (Wildman–Crippen LogP) is 0.802. The molecule has 1 aromatic rings. The number of hydrogen-bond donors (Lipinski definition) is 2. The van der Waals surface area contributed by atoms with Crippen molar-refractivity contribution in [2.75, 3.05) is 0 Å². The van der Waals surface area contributed by atoms with E-state index in [1.165, 1.54) is 0 Å². The Morgan fingerprint density at radius 3 is 2.18 bits per heavy atom. The zero-order chi connectivity index (χ0) is 8.27. The van der Waals surface area contributed by atoms with Gasteiger partial charge in [-0.3, -0.25) is 0 Å². The Balaban J connectivity index is 2.77. The zero-order valence-electron chi connectivity index (χ0n) is 6.44. The monoisotopic (exact) mass is 150 g/mol. The topological polar surface area (TPSA) is 40.5 Å². The fraction of sp³-hybridized carbons (Fsp3) is 0.250. The van der Waals surface area contributed by atoms with Gasteiger partial charge in [-0.05, 0) is 5.56 Å². The van der Waals surface area contributed by atoms with E-state index >= 15 is 0 Å². The molecule has 1 aromatic carbocycles. The summed E-state index contributed by atoms with van der Waals surface area (Å²) < 4.78 is 0. The molecule has 0 amide bonds. The molecule has 0 heterocycles. The molecule has 0 spiro atoms. The summed E-state index contributed by atoms with van der Waals surface area (Å²) in [4.78, 5) is 0. The van der Waals surface area contributed by atoms with E-state index < -0.39 is 7.12 Å². The first kappa shape index (κ1) is 8.30. The molecule has 1 atom stereocenters. The van der Waals surface area contributed by atoms with Crippen LogP contribution in [0.4, 0.5) is 0 Å². The molecule has 58 valence electrons. The minimum atomic E-state index is -1.27. The minimum absolute atomic E-state index is 0.212. The van der Waals surface area contributed by atoms with E-state index in [9.17, 15) is 0 Å². The van der Waals surface area contributed by atoms with Gasteiger partial charge in [0.1, 0.15) is 0 Å². The number of hydrogen-bond acceptors (Lipinski definition) is 2. The zero-order valence-corrected chi connectivity index (χ0v) is 6.44. The standard InChI is InChI=1S/C8H11BO2/c1-7(9(10)11)8-5-3-2-4-6-8/h2-7,10-11H,1H3. The highest BCUT2D eigenvalue weighted by Gasteiger charge is 2.18. The fourth-order valence-corrected chi connectivity index (χ4v) is 0.929. The molecule has 11 heavy (non-hydrogen) atoms. The van der Waals surface area contributed by atoms with Crippen molar-refractivity contribution in [3.8, 4) is 0 Å². The Kier molecular flexibility index (Phi) is 2.68. The van der Waals surface area contributed by atoms with Crippen molar-refractivity contribution in [3.05, 3.63) is 35.9 Å². The van der Waals surface area contributed by atoms with Crippen molar-refractivity contribution in [2.45, 2.75) is 12.7 Å². The second-order valence-corrected chi connectivity index (χ2v) is 2.61. The van der Waals surface area contributed by atoms with Crippen LogP contribution in [-0.4, -0.2) is 17.2 Å². The summed E-state index contributed by atoms with van der Waals surface area (Å²) in [6.07, 6.45) is 0. The van der Waals surface area contributed by atoms with Gasteiger partial charge in [0.25, 0.3) is 0 Å². The third kappa shape index (κ3) is 2.07. The lowest BCUT2D eigenvalue weighted by Gasteiger charge is -2.08. The molecular weight excluding hydrogens is 139 g/mol. The highest BCUT2D eigenvalue weighted by molar-refractivity contribution is 6.43. The average molecular weight is 150 g/mol. The van der Waals surface area contributed by atoms with Crippen LogP contribution in [0.5, 0.6) is 0 Å². The molecule has 0 aromatic heterocycles. The van der Waals surface area contributed by atoms with Gasteiger partial charge in [-0.1, -0.05) is 37.3 Å². The van der Waals surface area contributed by atoms with Crippen molar-refractivity contribution in [2.24, 2.45) is 0 Å². The second kappa shape index (κ2) is 3.55. The molecule has 0 aliphatic carbocycles. The van der Waals surface area contributed by atoms with Gasteiger partial charge in [-0.2, -0.15) is 0 Å². The molecule has 1 unspecified atom stereocenters. The van der Waals surface area contributed by atoms with Crippen molar-refractivity contribution >= 4 is 7.12 Å². The summed E-state index contributed by atoms with van der Waals surface area (Å²) in [7, 11) is -1.27. The van der Waals surface area contributed by atoms with Crippen LogP contribution in [0.25, 0.3) is 0 Å². The van der Waals surface area contributed by atoms with Gasteiger partial charge < -0.3 is 10.0 Å². The van der Waals surface area contributed by atoms with E-state index in [4.69, 9.17) is 10.0 Å². The van der Waals surface area contributed by atoms with Crippen molar-refractivity contribution in [3.63, 3.8) is 0 Å². The molecular formula is C8H11BO2. The van der Waals surface area contributed by atoms with Gasteiger partial charge in [0.2, 0.25) is 0 Å². The van der Waals surface area contributed by atoms with Gasteiger partial charge in [0, 0.05) is 5.82 Å². The molecule has 0 fully saturated rings. The van der Waals surface area contributed by atoms with Crippen molar-refractivity contribution < 1.29 is 10.0 Å². The van der Waals surface area contributed by atoms with Gasteiger partial charge in [-0.15, -0.1) is 0 Å². The quantitative estimate of drug-likeness (QED) is 0.612. The van der Waals surface area contributed by atoms with E-state index in [1.807, 2.05) is 30.3 Å². The summed E-state index contributed by atoms with van der Waals surface area (Å²) in [5.41, 5.74) is 0.947. The molecule has 0 radical (unpaired) electrons. The first-order chi connectivity index (χ1) is 5.22. The van der Waals surface area contributed by atoms with Crippen LogP contribution in [0.15, 0.2) is 30.3 Å². The lowest BCUT2D eigenvalue weighted by molar-refractivity contribution is 0.392. The van der Waals surface area contributed by atoms with Crippen molar-refractivity contribution in [1.82, 2.24) is 0 Å². The molecule has 0 bridgehead atoms. The van der Waals surface area contributed by atoms with E-state index in [0.717, 1.165) is 5.56 Å². The Labute approximate surface area is 66.6 Å². The van der Waals surface area contributed by atoms with Crippen LogP contribution >= 0.6 is 0 Å². The molecule has 2 nitrogen and oxygen atoms in total. The van der Waals surface area contributed by atoms with E-state index in [1.54, 1.807) is 6.92 Å². The molecule has 0 aliphatic rings. The fourth-order valence-electron chi connectivity index (χ4n) is 0.929. The molecule has 2 N–H and O–H groups in total. The predicted molar refractivity (Wildman–Crippen MR) is 45.0 cm³/mol.